The highest BCUT2D eigenvalue weighted by Gasteiger charge is 2.22. The molecular weight excluding hydrogens is 232 g/mol. The number of nitrogens with zero attached hydrogens (tertiary/aromatic N) is 1. The molecule has 0 bridgehead atoms. The molecule has 17 heavy (non-hydrogen) atoms. The van der Waals surface area contributed by atoms with E-state index in [1.807, 2.05) is 37.1 Å². The quantitative estimate of drug-likeness (QED) is 0.848. The molecule has 2 N–H and O–H groups in total. The molecule has 1 rings (SSSR count). The van der Waals surface area contributed by atoms with Crippen LogP contribution in [0.2, 0.25) is 0 Å². The van der Waals surface area contributed by atoms with Gasteiger partial charge in [-0.3, -0.25) is 4.79 Å². The first-order valence-corrected chi connectivity index (χ1v) is 7.02. The standard InChI is InChI=1S/C13H22N2OS/c1-4-6-12(14)13(16)15(10(2)3)9-11-7-5-8-17-11/h5,7-8,10,12H,4,6,9,14H2,1-3H3/t12-/m1/s1. The first-order valence-electron chi connectivity index (χ1n) is 6.14. The van der Waals surface area contributed by atoms with Crippen molar-refractivity contribution in [2.45, 2.75) is 52.2 Å². The topological polar surface area (TPSA) is 46.3 Å². The lowest BCUT2D eigenvalue weighted by Gasteiger charge is -2.29. The lowest BCUT2D eigenvalue weighted by Crippen LogP contribution is -2.46. The largest absolute Gasteiger partial charge is 0.334 e. The monoisotopic (exact) mass is 254 g/mol. The van der Waals surface area contributed by atoms with Gasteiger partial charge in [-0.15, -0.1) is 11.3 Å². The summed E-state index contributed by atoms with van der Waals surface area (Å²) in [4.78, 5) is 15.3. The van der Waals surface area contributed by atoms with E-state index in [1.165, 1.54) is 4.88 Å². The van der Waals surface area contributed by atoms with Crippen molar-refractivity contribution in [3.63, 3.8) is 0 Å². The number of hydrogen-bond acceptors (Lipinski definition) is 3. The number of amides is 1. The van der Waals surface area contributed by atoms with Gasteiger partial charge < -0.3 is 10.6 Å². The van der Waals surface area contributed by atoms with Gasteiger partial charge in [0.15, 0.2) is 0 Å². The van der Waals surface area contributed by atoms with E-state index in [1.54, 1.807) is 11.3 Å². The van der Waals surface area contributed by atoms with Crippen molar-refractivity contribution < 1.29 is 4.79 Å². The molecule has 96 valence electrons. The summed E-state index contributed by atoms with van der Waals surface area (Å²) < 4.78 is 0. The highest BCUT2D eigenvalue weighted by atomic mass is 32.1. The molecule has 0 saturated heterocycles. The average molecular weight is 254 g/mol. The molecule has 0 saturated carbocycles. The molecule has 0 spiro atoms. The fraction of sp³-hybridized carbons (Fsp3) is 0.615. The zero-order chi connectivity index (χ0) is 12.8. The van der Waals surface area contributed by atoms with Crippen LogP contribution in [0.25, 0.3) is 0 Å². The second kappa shape index (κ2) is 6.77. The Labute approximate surface area is 108 Å². The van der Waals surface area contributed by atoms with E-state index in [-0.39, 0.29) is 18.0 Å². The van der Waals surface area contributed by atoms with Crippen LogP contribution >= 0.6 is 11.3 Å². The summed E-state index contributed by atoms with van der Waals surface area (Å²) in [5.41, 5.74) is 5.91. The van der Waals surface area contributed by atoms with Gasteiger partial charge in [0.25, 0.3) is 0 Å². The highest BCUT2D eigenvalue weighted by Crippen LogP contribution is 2.15. The number of nitrogens with two attached hydrogens (primary N) is 1. The summed E-state index contributed by atoms with van der Waals surface area (Å²) in [7, 11) is 0. The Bertz CT molecular complexity index is 335. The number of thiophene rings is 1. The average Bonchev–Trinajstić information content (AvgIpc) is 2.77. The lowest BCUT2D eigenvalue weighted by molar-refractivity contribution is -0.135. The van der Waals surface area contributed by atoms with Gasteiger partial charge in [0.2, 0.25) is 5.91 Å². The van der Waals surface area contributed by atoms with Crippen LogP contribution in [0.15, 0.2) is 17.5 Å². The molecule has 1 amide bonds. The molecule has 0 unspecified atom stereocenters. The van der Waals surface area contributed by atoms with Crippen molar-refractivity contribution in [2.24, 2.45) is 5.73 Å². The SMILES string of the molecule is CCC[C@@H](N)C(=O)N(Cc1cccs1)C(C)C. The van der Waals surface area contributed by atoms with E-state index < -0.39 is 0 Å². The fourth-order valence-electron chi connectivity index (χ4n) is 1.73. The van der Waals surface area contributed by atoms with E-state index in [4.69, 9.17) is 5.73 Å². The number of carbonyl (C=O) groups is 1. The normalized spacial score (nSPS) is 12.8. The minimum Gasteiger partial charge on any atom is -0.334 e. The zero-order valence-corrected chi connectivity index (χ0v) is 11.7. The van der Waals surface area contributed by atoms with Crippen LogP contribution in [0.4, 0.5) is 0 Å². The first-order chi connectivity index (χ1) is 8.06. The summed E-state index contributed by atoms with van der Waals surface area (Å²) in [6.07, 6.45) is 1.70. The third-order valence-corrected chi connectivity index (χ3v) is 3.59. The van der Waals surface area contributed by atoms with E-state index in [0.717, 1.165) is 12.8 Å². The summed E-state index contributed by atoms with van der Waals surface area (Å²) in [6.45, 7) is 6.78. The van der Waals surface area contributed by atoms with Crippen molar-refractivity contribution in [2.75, 3.05) is 0 Å². The van der Waals surface area contributed by atoms with Crippen molar-refractivity contribution in [1.29, 1.82) is 0 Å². The molecular formula is C13H22N2OS. The van der Waals surface area contributed by atoms with Crippen molar-refractivity contribution in [1.82, 2.24) is 4.90 Å². The molecule has 0 aliphatic rings. The van der Waals surface area contributed by atoms with Gasteiger partial charge in [-0.2, -0.15) is 0 Å². The first kappa shape index (κ1) is 14.2. The highest BCUT2D eigenvalue weighted by molar-refractivity contribution is 7.09. The number of hydrogen-bond donors (Lipinski definition) is 1. The van der Waals surface area contributed by atoms with Crippen LogP contribution in [0.3, 0.4) is 0 Å². The Morgan fingerprint density at radius 3 is 2.71 bits per heavy atom. The van der Waals surface area contributed by atoms with Crippen molar-refractivity contribution in [3.8, 4) is 0 Å². The number of carbonyl (C=O) groups excluding carboxylic acids is 1. The molecule has 1 aromatic rings. The van der Waals surface area contributed by atoms with Crippen molar-refractivity contribution >= 4 is 17.2 Å². The van der Waals surface area contributed by atoms with Gasteiger partial charge in [-0.25, -0.2) is 0 Å². The molecule has 1 heterocycles. The molecule has 0 aliphatic heterocycles. The predicted molar refractivity (Wildman–Crippen MR) is 72.9 cm³/mol. The maximum Gasteiger partial charge on any atom is 0.240 e. The maximum atomic E-state index is 12.2. The Kier molecular flexibility index (Phi) is 5.65. The molecule has 1 aromatic heterocycles. The third-order valence-electron chi connectivity index (χ3n) is 2.73. The molecule has 0 radical (unpaired) electrons. The van der Waals surface area contributed by atoms with Crippen LogP contribution in [-0.2, 0) is 11.3 Å². The molecule has 4 heteroatoms. The van der Waals surface area contributed by atoms with E-state index in [2.05, 4.69) is 6.07 Å². The fourth-order valence-corrected chi connectivity index (χ4v) is 2.44. The van der Waals surface area contributed by atoms with Crippen LogP contribution in [0.5, 0.6) is 0 Å². The lowest BCUT2D eigenvalue weighted by atomic mass is 10.1. The smallest absolute Gasteiger partial charge is 0.240 e. The van der Waals surface area contributed by atoms with Crippen LogP contribution in [0, 0.1) is 0 Å². The van der Waals surface area contributed by atoms with Crippen LogP contribution in [-0.4, -0.2) is 22.9 Å². The summed E-state index contributed by atoms with van der Waals surface area (Å²) in [5, 5.41) is 2.03. The Hall–Kier alpha value is -0.870. The van der Waals surface area contributed by atoms with Crippen LogP contribution < -0.4 is 5.73 Å². The van der Waals surface area contributed by atoms with Gasteiger partial charge in [-0.05, 0) is 31.7 Å². The van der Waals surface area contributed by atoms with Gasteiger partial charge >= 0.3 is 0 Å². The maximum absolute atomic E-state index is 12.2. The van der Waals surface area contributed by atoms with Gasteiger partial charge in [0.05, 0.1) is 12.6 Å². The second-order valence-corrected chi connectivity index (χ2v) is 5.57. The third kappa shape index (κ3) is 4.13. The molecule has 0 fully saturated rings. The Morgan fingerprint density at radius 2 is 2.24 bits per heavy atom. The van der Waals surface area contributed by atoms with Crippen molar-refractivity contribution in [3.05, 3.63) is 22.4 Å². The minimum atomic E-state index is -0.359. The predicted octanol–water partition coefficient (Wildman–Crippen LogP) is 2.61. The molecule has 3 nitrogen and oxygen atoms in total. The summed E-state index contributed by atoms with van der Waals surface area (Å²) >= 11 is 1.68. The van der Waals surface area contributed by atoms with E-state index in [9.17, 15) is 4.79 Å². The second-order valence-electron chi connectivity index (χ2n) is 4.53. The Morgan fingerprint density at radius 1 is 1.53 bits per heavy atom. The molecule has 0 aromatic carbocycles. The van der Waals surface area contributed by atoms with Gasteiger partial charge in [0, 0.05) is 10.9 Å². The Balaban J connectivity index is 2.68. The van der Waals surface area contributed by atoms with Crippen LogP contribution in [0.1, 0.15) is 38.5 Å². The summed E-state index contributed by atoms with van der Waals surface area (Å²) in [6, 6.07) is 3.89. The van der Waals surface area contributed by atoms with Gasteiger partial charge in [-0.1, -0.05) is 19.4 Å². The van der Waals surface area contributed by atoms with E-state index >= 15 is 0 Å². The molecule has 0 aliphatic carbocycles. The van der Waals surface area contributed by atoms with Gasteiger partial charge in [0.1, 0.15) is 0 Å². The zero-order valence-electron chi connectivity index (χ0n) is 10.8. The molecule has 1 atom stereocenters. The summed E-state index contributed by atoms with van der Waals surface area (Å²) in [5.74, 6) is 0.0650. The minimum absolute atomic E-state index is 0.0650. The van der Waals surface area contributed by atoms with E-state index in [0.29, 0.717) is 6.54 Å². The number of rotatable bonds is 6.